The number of sulfonamides is 2. The topological polar surface area (TPSA) is 146 Å². The maximum atomic E-state index is 12.3. The zero-order valence-electron chi connectivity index (χ0n) is 22.3. The Kier molecular flexibility index (Phi) is 8.62. The third kappa shape index (κ3) is 7.34. The molecule has 4 rings (SSSR count). The summed E-state index contributed by atoms with van der Waals surface area (Å²) in [6.07, 6.45) is 6.77. The molecule has 0 unspecified atom stereocenters. The van der Waals surface area contributed by atoms with E-state index in [4.69, 9.17) is 0 Å². The number of benzene rings is 1. The van der Waals surface area contributed by atoms with E-state index in [0.29, 0.717) is 15.3 Å². The Morgan fingerprint density at radius 1 is 1.00 bits per heavy atom. The highest BCUT2D eigenvalue weighted by atomic mass is 32.3. The average Bonchev–Trinajstić information content (AvgIpc) is 2.83. The van der Waals surface area contributed by atoms with E-state index in [2.05, 4.69) is 20.5 Å². The molecule has 2 N–H and O–H groups in total. The van der Waals surface area contributed by atoms with E-state index < -0.39 is 20.0 Å². The molecule has 1 aliphatic carbocycles. The van der Waals surface area contributed by atoms with Gasteiger partial charge in [-0.25, -0.2) is 16.8 Å². The van der Waals surface area contributed by atoms with Crippen molar-refractivity contribution in [2.75, 3.05) is 35.9 Å². The lowest BCUT2D eigenvalue weighted by Crippen LogP contribution is -2.63. The van der Waals surface area contributed by atoms with Gasteiger partial charge in [0.25, 0.3) is 5.91 Å². The normalized spacial score (nSPS) is 20.6. The van der Waals surface area contributed by atoms with Gasteiger partial charge in [-0.15, -0.1) is 0 Å². The van der Waals surface area contributed by atoms with Crippen molar-refractivity contribution in [3.63, 3.8) is 0 Å². The van der Waals surface area contributed by atoms with Crippen LogP contribution in [0.2, 0.25) is 0 Å². The van der Waals surface area contributed by atoms with Crippen LogP contribution in [0.3, 0.4) is 0 Å². The number of nitrogens with one attached hydrogen (secondary N) is 2. The lowest BCUT2D eigenvalue weighted by molar-refractivity contribution is -0.122. The van der Waals surface area contributed by atoms with Crippen LogP contribution in [-0.2, 0) is 24.8 Å². The summed E-state index contributed by atoms with van der Waals surface area (Å²) in [5.41, 5.74) is 2.33. The lowest BCUT2D eigenvalue weighted by Gasteiger charge is -2.46. The van der Waals surface area contributed by atoms with Crippen LogP contribution in [0.5, 0.6) is 0 Å². The van der Waals surface area contributed by atoms with E-state index in [1.165, 1.54) is 12.3 Å². The summed E-state index contributed by atoms with van der Waals surface area (Å²) in [4.78, 5) is 31.3. The van der Waals surface area contributed by atoms with Gasteiger partial charge in [-0.3, -0.25) is 19.5 Å². The predicted molar refractivity (Wildman–Crippen MR) is 148 cm³/mol. The molecule has 0 atom stereocenters. The summed E-state index contributed by atoms with van der Waals surface area (Å²) in [5.74, 6) is -0.258. The quantitative estimate of drug-likeness (QED) is 0.455. The van der Waals surface area contributed by atoms with Crippen LogP contribution in [0.1, 0.15) is 53.2 Å². The van der Waals surface area contributed by atoms with Crippen molar-refractivity contribution in [1.82, 2.24) is 20.5 Å². The summed E-state index contributed by atoms with van der Waals surface area (Å²) in [5, 5.41) is 5.64. The number of aryl methyl sites for hydroxylation is 1. The molecule has 1 aliphatic heterocycles. The number of carbonyl (C=O) groups is 2. The zero-order valence-corrected chi connectivity index (χ0v) is 24.0. The van der Waals surface area contributed by atoms with Crippen molar-refractivity contribution in [3.05, 3.63) is 59.4 Å². The first-order chi connectivity index (χ1) is 18.3. The van der Waals surface area contributed by atoms with Gasteiger partial charge in [0.05, 0.1) is 37.0 Å². The first-order valence-corrected chi connectivity index (χ1v) is 16.6. The molecule has 1 saturated carbocycles. The fourth-order valence-corrected chi connectivity index (χ4v) is 8.29. The van der Waals surface area contributed by atoms with Gasteiger partial charge in [0.15, 0.2) is 0 Å². The Labute approximate surface area is 230 Å². The Hall–Kier alpha value is -3.03. The molecule has 2 amide bonds. The smallest absolute Gasteiger partial charge is 0.251 e. The second-order valence-corrected chi connectivity index (χ2v) is 14.3. The van der Waals surface area contributed by atoms with Crippen LogP contribution >= 0.6 is 0 Å². The number of aromatic nitrogens is 1. The molecule has 2 aliphatic rings. The summed E-state index contributed by atoms with van der Waals surface area (Å²) in [6, 6.07) is 10.9. The van der Waals surface area contributed by atoms with E-state index in [1.54, 1.807) is 18.2 Å². The zero-order chi connectivity index (χ0) is 28.4. The number of rotatable bonds is 9. The highest BCUT2D eigenvalue weighted by Gasteiger charge is 2.36. The Morgan fingerprint density at radius 2 is 1.67 bits per heavy atom. The second-order valence-electron chi connectivity index (χ2n) is 10.4. The molecule has 2 heterocycles. The van der Waals surface area contributed by atoms with Crippen LogP contribution in [0.4, 0.5) is 5.69 Å². The predicted octanol–water partition coefficient (Wildman–Crippen LogP) is 1.37. The van der Waals surface area contributed by atoms with Crippen molar-refractivity contribution < 1.29 is 26.4 Å². The van der Waals surface area contributed by atoms with Gasteiger partial charge in [-0.1, -0.05) is 17.7 Å². The molecule has 11 nitrogen and oxygen atoms in total. The number of pyridine rings is 1. The molecular formula is C26H35N5O6S2. The monoisotopic (exact) mass is 577 g/mol. The van der Waals surface area contributed by atoms with Crippen molar-refractivity contribution in [2.45, 2.75) is 50.6 Å². The van der Waals surface area contributed by atoms with Crippen molar-refractivity contribution in [2.24, 2.45) is 0 Å². The van der Waals surface area contributed by atoms with E-state index in [1.807, 2.05) is 19.1 Å². The molecule has 2 aromatic rings. The number of anilines is 1. The third-order valence-electron chi connectivity index (χ3n) is 7.18. The molecule has 2 fully saturated rings. The minimum atomic E-state index is -4.00. The number of hydrogen-bond acceptors (Lipinski definition) is 8. The van der Waals surface area contributed by atoms with Gasteiger partial charge in [-0.2, -0.15) is 3.71 Å². The second kappa shape index (κ2) is 11.6. The maximum absolute atomic E-state index is 12.3. The molecule has 1 aromatic carbocycles. The average molecular weight is 578 g/mol. The number of nitrogens with zero attached hydrogens (tertiary/aromatic N) is 3. The van der Waals surface area contributed by atoms with Crippen LogP contribution in [-0.4, -0.2) is 82.8 Å². The van der Waals surface area contributed by atoms with E-state index in [-0.39, 0.29) is 36.0 Å². The fourth-order valence-electron chi connectivity index (χ4n) is 5.34. The van der Waals surface area contributed by atoms with Crippen molar-refractivity contribution >= 4 is 37.5 Å². The van der Waals surface area contributed by atoms with Crippen molar-refractivity contribution in [3.8, 4) is 0 Å². The van der Waals surface area contributed by atoms with Crippen LogP contribution in [0.15, 0.2) is 42.6 Å². The van der Waals surface area contributed by atoms with Gasteiger partial charge >= 0.3 is 0 Å². The number of carbonyl (C=O) groups excluding carboxylic acids is 2. The Morgan fingerprint density at radius 3 is 2.23 bits per heavy atom. The van der Waals surface area contributed by atoms with Gasteiger partial charge in [0.2, 0.25) is 26.0 Å². The van der Waals surface area contributed by atoms with E-state index >= 15 is 0 Å². The first-order valence-electron chi connectivity index (χ1n) is 12.9. The first kappa shape index (κ1) is 29.0. The van der Waals surface area contributed by atoms with Crippen molar-refractivity contribution in [1.29, 1.82) is 0 Å². The minimum absolute atomic E-state index is 0.000771. The van der Waals surface area contributed by atoms with Gasteiger partial charge < -0.3 is 10.6 Å². The highest BCUT2D eigenvalue weighted by Crippen LogP contribution is 2.36. The maximum Gasteiger partial charge on any atom is 0.251 e. The molecule has 39 heavy (non-hydrogen) atoms. The molecule has 212 valence electrons. The van der Waals surface area contributed by atoms with Crippen LogP contribution in [0, 0.1) is 6.92 Å². The number of likely N-dealkylation sites (tertiary alicyclic amines) is 1. The largest absolute Gasteiger partial charge is 0.349 e. The summed E-state index contributed by atoms with van der Waals surface area (Å²) in [6.45, 7) is 3.39. The highest BCUT2D eigenvalue weighted by molar-refractivity contribution is 8.09. The molecule has 1 aromatic heterocycles. The van der Waals surface area contributed by atoms with Gasteiger partial charge in [-0.05, 0) is 56.9 Å². The van der Waals surface area contributed by atoms with Crippen LogP contribution < -0.4 is 14.3 Å². The number of hydrogen-bond donors (Lipinski definition) is 2. The van der Waals surface area contributed by atoms with Gasteiger partial charge in [0, 0.05) is 36.3 Å². The summed E-state index contributed by atoms with van der Waals surface area (Å²) >= 11 is 0. The molecule has 0 bridgehead atoms. The molecule has 0 spiro atoms. The van der Waals surface area contributed by atoms with Crippen LogP contribution in [0.25, 0.3) is 0 Å². The molecule has 0 radical (unpaired) electrons. The summed E-state index contributed by atoms with van der Waals surface area (Å²) < 4.78 is 48.3. The SMILES string of the molecule is Cc1cccc(C(=O)NCC(=O)NC2CN([C@H]3CC[C@@H](c4ccc(N(S(C)(=O)=O)S(C)(=O)=O)cn4)CC3)C2)c1. The number of amides is 2. The Bertz CT molecular complexity index is 1380. The summed E-state index contributed by atoms with van der Waals surface area (Å²) in [7, 11) is -8.01. The van der Waals surface area contributed by atoms with Gasteiger partial charge in [0.1, 0.15) is 0 Å². The lowest BCUT2D eigenvalue weighted by atomic mass is 9.82. The molecule has 1 saturated heterocycles. The Balaban J connectivity index is 1.20. The molecule has 13 heteroatoms. The fraction of sp³-hybridized carbons (Fsp3) is 0.500. The molecular weight excluding hydrogens is 542 g/mol. The van der Waals surface area contributed by atoms with E-state index in [0.717, 1.165) is 62.5 Å². The minimum Gasteiger partial charge on any atom is -0.349 e. The third-order valence-corrected chi connectivity index (χ3v) is 10.4. The standard InChI is InChI=1S/C26H35N5O6S2/c1-18-5-4-6-20(13-18)26(33)28-15-25(32)29-21-16-30(17-21)22-9-7-19(8-10-22)24-12-11-23(14-27-24)31(38(2,34)35)39(3,36)37/h4-6,11-14,19,21-22H,7-10,15-17H2,1-3H3,(H,28,33)(H,29,32)/t19-,22+. The van der Waals surface area contributed by atoms with E-state index in [9.17, 15) is 26.4 Å².